The van der Waals surface area contributed by atoms with Gasteiger partial charge in [0.2, 0.25) is 0 Å². The Labute approximate surface area is 107 Å². The Morgan fingerprint density at radius 3 is 3.11 bits per heavy atom. The second-order valence-electron chi connectivity index (χ2n) is 4.54. The van der Waals surface area contributed by atoms with Gasteiger partial charge >= 0.3 is 5.97 Å². The number of nitrogens with one attached hydrogen (secondary N) is 1. The summed E-state index contributed by atoms with van der Waals surface area (Å²) in [7, 11) is 0. The Hall–Kier alpha value is -1.55. The van der Waals surface area contributed by atoms with Crippen LogP contribution in [0.15, 0.2) is 18.2 Å². The van der Waals surface area contributed by atoms with Gasteiger partial charge < -0.3 is 15.2 Å². The number of rotatable bonds is 6. The van der Waals surface area contributed by atoms with Crippen molar-refractivity contribution in [3.05, 3.63) is 29.3 Å². The molecular weight excluding hydrogens is 230 g/mol. The number of ether oxygens (including phenoxy) is 1. The molecule has 1 aromatic carbocycles. The van der Waals surface area contributed by atoms with Crippen LogP contribution in [-0.4, -0.2) is 30.8 Å². The van der Waals surface area contributed by atoms with E-state index in [-0.39, 0.29) is 6.42 Å². The van der Waals surface area contributed by atoms with Crippen LogP contribution in [0.2, 0.25) is 0 Å². The average molecular weight is 249 g/mol. The van der Waals surface area contributed by atoms with E-state index in [1.54, 1.807) is 0 Å². The number of carboxylic acid groups (broad SMARTS) is 1. The first-order valence-electron chi connectivity index (χ1n) is 6.43. The van der Waals surface area contributed by atoms with Gasteiger partial charge in [0, 0.05) is 6.54 Å². The molecule has 0 fully saturated rings. The summed E-state index contributed by atoms with van der Waals surface area (Å²) in [4.78, 5) is 10.3. The van der Waals surface area contributed by atoms with E-state index in [9.17, 15) is 4.79 Å². The average Bonchev–Trinajstić information content (AvgIpc) is 2.38. The smallest absolute Gasteiger partial charge is 0.304 e. The summed E-state index contributed by atoms with van der Waals surface area (Å²) in [6, 6.07) is 6.33. The second kappa shape index (κ2) is 6.40. The van der Waals surface area contributed by atoms with Crippen LogP contribution in [-0.2, 0) is 17.6 Å². The largest absolute Gasteiger partial charge is 0.493 e. The minimum atomic E-state index is -0.756. The fourth-order valence-corrected chi connectivity index (χ4v) is 2.12. The predicted octanol–water partition coefficient (Wildman–Crippen LogP) is 1.62. The molecule has 1 aliphatic rings. The first-order chi connectivity index (χ1) is 8.75. The minimum Gasteiger partial charge on any atom is -0.493 e. The van der Waals surface area contributed by atoms with Crippen molar-refractivity contribution in [1.29, 1.82) is 0 Å². The Morgan fingerprint density at radius 2 is 2.28 bits per heavy atom. The van der Waals surface area contributed by atoms with Crippen LogP contribution >= 0.6 is 0 Å². The zero-order valence-corrected chi connectivity index (χ0v) is 10.4. The minimum absolute atomic E-state index is 0.179. The Balaban J connectivity index is 1.77. The van der Waals surface area contributed by atoms with E-state index in [1.165, 1.54) is 11.1 Å². The predicted molar refractivity (Wildman–Crippen MR) is 69.1 cm³/mol. The SMILES string of the molecule is O=C(O)CCNCCc1ccc2c(c1)CCCO2. The van der Waals surface area contributed by atoms with Crippen LogP contribution < -0.4 is 10.1 Å². The topological polar surface area (TPSA) is 58.6 Å². The van der Waals surface area contributed by atoms with Gasteiger partial charge in [-0.25, -0.2) is 0 Å². The zero-order chi connectivity index (χ0) is 12.8. The maximum Gasteiger partial charge on any atom is 0.304 e. The molecule has 0 saturated carbocycles. The van der Waals surface area contributed by atoms with Gasteiger partial charge in [-0.1, -0.05) is 12.1 Å². The summed E-state index contributed by atoms with van der Waals surface area (Å²) >= 11 is 0. The normalized spacial score (nSPS) is 13.8. The maximum absolute atomic E-state index is 10.3. The van der Waals surface area contributed by atoms with Gasteiger partial charge in [0.05, 0.1) is 13.0 Å². The monoisotopic (exact) mass is 249 g/mol. The van der Waals surface area contributed by atoms with Crippen LogP contribution in [0.25, 0.3) is 0 Å². The molecule has 98 valence electrons. The first-order valence-corrected chi connectivity index (χ1v) is 6.43. The molecule has 2 rings (SSSR count). The summed E-state index contributed by atoms with van der Waals surface area (Å²) in [5.41, 5.74) is 2.58. The quantitative estimate of drug-likeness (QED) is 0.752. The number of aryl methyl sites for hydroxylation is 1. The molecular formula is C14H19NO3. The highest BCUT2D eigenvalue weighted by Gasteiger charge is 2.10. The van der Waals surface area contributed by atoms with Gasteiger partial charge in [0.15, 0.2) is 0 Å². The Bertz CT molecular complexity index is 418. The van der Waals surface area contributed by atoms with Crippen molar-refractivity contribution in [1.82, 2.24) is 5.32 Å². The number of aliphatic carboxylic acids is 1. The lowest BCUT2D eigenvalue weighted by Gasteiger charge is -2.17. The van der Waals surface area contributed by atoms with E-state index in [2.05, 4.69) is 17.4 Å². The molecule has 1 aliphatic heterocycles. The molecule has 0 atom stereocenters. The van der Waals surface area contributed by atoms with Gasteiger partial charge in [0.25, 0.3) is 0 Å². The molecule has 0 aromatic heterocycles. The summed E-state index contributed by atoms with van der Waals surface area (Å²) in [6.07, 6.45) is 3.29. The lowest BCUT2D eigenvalue weighted by Crippen LogP contribution is -2.20. The van der Waals surface area contributed by atoms with Crippen molar-refractivity contribution < 1.29 is 14.6 Å². The van der Waals surface area contributed by atoms with Gasteiger partial charge in [-0.3, -0.25) is 4.79 Å². The Morgan fingerprint density at radius 1 is 1.39 bits per heavy atom. The molecule has 0 saturated heterocycles. The lowest BCUT2D eigenvalue weighted by molar-refractivity contribution is -0.136. The summed E-state index contributed by atoms with van der Waals surface area (Å²) < 4.78 is 5.57. The standard InChI is InChI=1S/C14H19NO3/c16-14(17)6-8-15-7-5-11-3-4-13-12(10-11)2-1-9-18-13/h3-4,10,15H,1-2,5-9H2,(H,16,17). The summed E-state index contributed by atoms with van der Waals surface area (Å²) in [6.45, 7) is 2.17. The van der Waals surface area contributed by atoms with Crippen LogP contribution in [0.1, 0.15) is 24.0 Å². The molecule has 2 N–H and O–H groups in total. The highest BCUT2D eigenvalue weighted by molar-refractivity contribution is 5.66. The van der Waals surface area contributed by atoms with Crippen LogP contribution in [0.3, 0.4) is 0 Å². The van der Waals surface area contributed by atoms with E-state index in [4.69, 9.17) is 9.84 Å². The third-order valence-corrected chi connectivity index (χ3v) is 3.08. The molecule has 0 bridgehead atoms. The molecule has 0 unspecified atom stereocenters. The number of carbonyl (C=O) groups is 1. The van der Waals surface area contributed by atoms with Crippen molar-refractivity contribution in [3.8, 4) is 5.75 Å². The molecule has 0 spiro atoms. The molecule has 1 aromatic rings. The van der Waals surface area contributed by atoms with Gasteiger partial charge in [-0.2, -0.15) is 0 Å². The molecule has 4 nitrogen and oxygen atoms in total. The Kier molecular flexibility index (Phi) is 4.59. The summed E-state index contributed by atoms with van der Waals surface area (Å²) in [5, 5.41) is 11.6. The fraction of sp³-hybridized carbons (Fsp3) is 0.500. The molecule has 0 aliphatic carbocycles. The van der Waals surface area contributed by atoms with Crippen molar-refractivity contribution in [2.45, 2.75) is 25.7 Å². The van der Waals surface area contributed by atoms with Crippen molar-refractivity contribution in [2.24, 2.45) is 0 Å². The van der Waals surface area contributed by atoms with E-state index < -0.39 is 5.97 Å². The number of carboxylic acids is 1. The number of hydrogen-bond donors (Lipinski definition) is 2. The van der Waals surface area contributed by atoms with Crippen molar-refractivity contribution in [3.63, 3.8) is 0 Å². The maximum atomic E-state index is 10.3. The van der Waals surface area contributed by atoms with E-state index in [0.29, 0.717) is 6.54 Å². The van der Waals surface area contributed by atoms with Gasteiger partial charge in [-0.15, -0.1) is 0 Å². The molecule has 1 heterocycles. The van der Waals surface area contributed by atoms with E-state index in [0.717, 1.165) is 38.2 Å². The second-order valence-corrected chi connectivity index (χ2v) is 4.54. The third kappa shape index (κ3) is 3.74. The van der Waals surface area contributed by atoms with Gasteiger partial charge in [0.1, 0.15) is 5.75 Å². The molecule has 18 heavy (non-hydrogen) atoms. The molecule has 0 radical (unpaired) electrons. The van der Waals surface area contributed by atoms with Crippen LogP contribution in [0, 0.1) is 0 Å². The zero-order valence-electron chi connectivity index (χ0n) is 10.4. The lowest BCUT2D eigenvalue weighted by atomic mass is 10.0. The number of hydrogen-bond acceptors (Lipinski definition) is 3. The number of benzene rings is 1. The number of fused-ring (bicyclic) bond motifs is 1. The first kappa shape index (κ1) is 12.9. The summed E-state index contributed by atoms with van der Waals surface area (Å²) in [5.74, 6) is 0.261. The van der Waals surface area contributed by atoms with Gasteiger partial charge in [-0.05, 0) is 43.0 Å². The highest BCUT2D eigenvalue weighted by atomic mass is 16.5. The van der Waals surface area contributed by atoms with E-state index >= 15 is 0 Å². The third-order valence-electron chi connectivity index (χ3n) is 3.08. The van der Waals surface area contributed by atoms with E-state index in [1.807, 2.05) is 6.07 Å². The highest BCUT2D eigenvalue weighted by Crippen LogP contribution is 2.25. The van der Waals surface area contributed by atoms with Crippen LogP contribution in [0.5, 0.6) is 5.75 Å². The van der Waals surface area contributed by atoms with Crippen molar-refractivity contribution >= 4 is 5.97 Å². The molecule has 4 heteroatoms. The van der Waals surface area contributed by atoms with Crippen molar-refractivity contribution in [2.75, 3.05) is 19.7 Å². The van der Waals surface area contributed by atoms with Crippen LogP contribution in [0.4, 0.5) is 0 Å². The fourth-order valence-electron chi connectivity index (χ4n) is 2.12. The molecule has 0 amide bonds.